The highest BCUT2D eigenvalue weighted by molar-refractivity contribution is 6.00. The Morgan fingerprint density at radius 1 is 0.411 bits per heavy atom. The predicted molar refractivity (Wildman–Crippen MR) is 209 cm³/mol. The Bertz CT molecular complexity index is 2710. The number of ether oxygens (including phenoxy) is 2. The van der Waals surface area contributed by atoms with Crippen LogP contribution in [0.15, 0.2) is 84.9 Å². The van der Waals surface area contributed by atoms with Gasteiger partial charge in [0.05, 0.1) is 0 Å². The van der Waals surface area contributed by atoms with Crippen molar-refractivity contribution in [2.45, 2.75) is 73.0 Å². The van der Waals surface area contributed by atoms with Gasteiger partial charge in [-0.25, -0.2) is 9.59 Å². The molecule has 6 aromatic rings. The van der Waals surface area contributed by atoms with Crippen LogP contribution in [0.3, 0.4) is 0 Å². The maximum Gasteiger partial charge on any atom is 0.341 e. The molecule has 272 valence electrons. The van der Waals surface area contributed by atoms with Crippen molar-refractivity contribution in [3.63, 3.8) is 0 Å². The van der Waals surface area contributed by atoms with Crippen molar-refractivity contribution >= 4 is 22.7 Å². The molecule has 8 aliphatic carbocycles. The number of carboxylic acid groups (broad SMARTS) is 2. The summed E-state index contributed by atoms with van der Waals surface area (Å²) in [5.41, 5.74) is 21.7. The molecular formula is C50H36O6. The number of fused-ring (bicyclic) bond motifs is 33. The zero-order valence-corrected chi connectivity index (χ0v) is 30.5. The summed E-state index contributed by atoms with van der Waals surface area (Å²) in [5.74, 6) is 1.44. The average Bonchev–Trinajstić information content (AvgIpc) is 4.09. The SMILES string of the molecule is O=C(O)COc1c2c(c(OCC(=O)O)c3cc4c(cc13)[C@H]1C[C@@H]4c3cc4c(cc31)[C@H]1C[C@@H]4c3ccccc31)[C@H]1C[C@@H]2c2cc3c(cc21)[C@H]1C[C@@H]3c2ccccc21. The Kier molecular flexibility index (Phi) is 5.47. The third-order valence-electron chi connectivity index (χ3n) is 15.6. The van der Waals surface area contributed by atoms with Gasteiger partial charge in [-0.3, -0.25) is 0 Å². The van der Waals surface area contributed by atoms with Gasteiger partial charge in [-0.05, 0) is 116 Å². The van der Waals surface area contributed by atoms with E-state index >= 15 is 0 Å². The summed E-state index contributed by atoms with van der Waals surface area (Å²) in [6.45, 7) is -0.901. The first-order valence-corrected chi connectivity index (χ1v) is 20.3. The zero-order valence-electron chi connectivity index (χ0n) is 30.5. The van der Waals surface area contributed by atoms with Gasteiger partial charge in [0.2, 0.25) is 0 Å². The van der Waals surface area contributed by atoms with Gasteiger partial charge in [-0.15, -0.1) is 0 Å². The minimum Gasteiger partial charge on any atom is -0.481 e. The summed E-state index contributed by atoms with van der Waals surface area (Å²) in [4.78, 5) is 24.3. The van der Waals surface area contributed by atoms with Gasteiger partial charge in [0.1, 0.15) is 11.5 Å². The van der Waals surface area contributed by atoms with Crippen LogP contribution in [0.1, 0.15) is 162 Å². The Morgan fingerprint density at radius 2 is 0.679 bits per heavy atom. The lowest BCUT2D eigenvalue weighted by atomic mass is 9.76. The van der Waals surface area contributed by atoms with Crippen molar-refractivity contribution < 1.29 is 29.3 Å². The smallest absolute Gasteiger partial charge is 0.341 e. The molecule has 0 radical (unpaired) electrons. The molecule has 0 heterocycles. The number of benzene rings is 6. The Balaban J connectivity index is 0.955. The monoisotopic (exact) mass is 732 g/mol. The first kappa shape index (κ1) is 30.4. The van der Waals surface area contributed by atoms with E-state index in [1.807, 2.05) is 0 Å². The van der Waals surface area contributed by atoms with Gasteiger partial charge >= 0.3 is 11.9 Å². The molecule has 0 amide bonds. The minimum absolute atomic E-state index is 0.0105. The van der Waals surface area contributed by atoms with Gasteiger partial charge in [0.25, 0.3) is 0 Å². The second kappa shape index (κ2) is 10.1. The van der Waals surface area contributed by atoms with Crippen LogP contribution < -0.4 is 9.47 Å². The first-order valence-electron chi connectivity index (χ1n) is 20.3. The standard InChI is InChI=1S/C50H36O6/c51-45(52)19-55-49-43-16-37-35-13-36(34-12-30-26-9-25(29(30)11-33(34)35)21-5-1-2-6-22(21)26)38(37)17-44(43)50(56-20-46(53)54)48-42-18-41(47(48)49)39-14-31-27-10-28(32(31)15-40(39)42)24-8-4-3-7-23(24)27/h1-8,11-12,14-17,25-28,35-36,41-42H,9-10,13,18-20H2,(H,51,52)(H,53,54)/t25-,26+,27+,28-,35-,36+,41+,42-. The van der Waals surface area contributed by atoms with E-state index in [1.165, 1.54) is 77.9 Å². The maximum atomic E-state index is 12.2. The number of carbonyl (C=O) groups is 2. The molecule has 6 aromatic carbocycles. The molecule has 0 aromatic heterocycles. The average molecular weight is 733 g/mol. The predicted octanol–water partition coefficient (Wildman–Crippen LogP) is 9.69. The molecule has 56 heavy (non-hydrogen) atoms. The largest absolute Gasteiger partial charge is 0.481 e. The van der Waals surface area contributed by atoms with E-state index in [4.69, 9.17) is 9.47 Å². The van der Waals surface area contributed by atoms with Gasteiger partial charge in [-0.1, -0.05) is 72.8 Å². The fraction of sp³-hybridized carbons (Fsp3) is 0.280. The van der Waals surface area contributed by atoms with E-state index in [0.717, 1.165) is 47.6 Å². The number of aliphatic carboxylic acids is 2. The first-order chi connectivity index (χ1) is 27.4. The highest BCUT2D eigenvalue weighted by Gasteiger charge is 2.51. The quantitative estimate of drug-likeness (QED) is 0.177. The van der Waals surface area contributed by atoms with Crippen LogP contribution in [-0.2, 0) is 9.59 Å². The summed E-state index contributed by atoms with van der Waals surface area (Å²) in [6, 6.07) is 32.3. The molecule has 6 nitrogen and oxygen atoms in total. The lowest BCUT2D eigenvalue weighted by molar-refractivity contribution is -0.140. The van der Waals surface area contributed by atoms with Crippen LogP contribution in [0.2, 0.25) is 0 Å². The summed E-state index contributed by atoms with van der Waals surface area (Å²) >= 11 is 0. The van der Waals surface area contributed by atoms with Crippen LogP contribution >= 0.6 is 0 Å². The van der Waals surface area contributed by atoms with Crippen LogP contribution in [0, 0.1) is 0 Å². The number of carboxylic acids is 2. The second-order valence-electron chi connectivity index (χ2n) is 17.7. The maximum absolute atomic E-state index is 12.2. The number of rotatable bonds is 6. The van der Waals surface area contributed by atoms with Crippen molar-refractivity contribution in [3.8, 4) is 11.5 Å². The van der Waals surface area contributed by atoms with Crippen molar-refractivity contribution in [1.82, 2.24) is 0 Å². The molecule has 0 fully saturated rings. The molecular weight excluding hydrogens is 697 g/mol. The fourth-order valence-corrected chi connectivity index (χ4v) is 13.7. The Labute approximate surface area is 322 Å². The number of hydrogen-bond acceptors (Lipinski definition) is 4. The van der Waals surface area contributed by atoms with Crippen LogP contribution in [-0.4, -0.2) is 35.4 Å². The highest BCUT2D eigenvalue weighted by atomic mass is 16.5. The van der Waals surface area contributed by atoms with Gasteiger partial charge in [-0.2, -0.15) is 0 Å². The Morgan fingerprint density at radius 3 is 1.00 bits per heavy atom. The van der Waals surface area contributed by atoms with Crippen molar-refractivity contribution in [1.29, 1.82) is 0 Å². The van der Waals surface area contributed by atoms with Gasteiger partial charge < -0.3 is 19.7 Å². The third kappa shape index (κ3) is 3.52. The van der Waals surface area contributed by atoms with Crippen LogP contribution in [0.25, 0.3) is 10.8 Å². The van der Waals surface area contributed by atoms with E-state index in [9.17, 15) is 19.8 Å². The van der Waals surface area contributed by atoms with Gasteiger partial charge in [0, 0.05) is 69.2 Å². The van der Waals surface area contributed by atoms with E-state index in [2.05, 4.69) is 84.9 Å². The van der Waals surface area contributed by atoms with Crippen molar-refractivity contribution in [2.24, 2.45) is 0 Å². The topological polar surface area (TPSA) is 93.1 Å². The minimum atomic E-state index is -1.02. The molecule has 8 aliphatic rings. The lowest BCUT2D eigenvalue weighted by Crippen LogP contribution is -2.17. The molecule has 0 saturated heterocycles. The third-order valence-corrected chi connectivity index (χ3v) is 15.6. The molecule has 8 bridgehead atoms. The highest BCUT2D eigenvalue weighted by Crippen LogP contribution is 2.68. The summed E-state index contributed by atoms with van der Waals surface area (Å²) in [6.07, 6.45) is 4.12. The molecule has 6 heteroatoms. The molecule has 0 spiro atoms. The lowest BCUT2D eigenvalue weighted by Gasteiger charge is -2.30. The van der Waals surface area contributed by atoms with Crippen molar-refractivity contribution in [2.75, 3.05) is 13.2 Å². The molecule has 0 unspecified atom stereocenters. The Hall–Kier alpha value is -5.88. The van der Waals surface area contributed by atoms with Gasteiger partial charge in [0.15, 0.2) is 13.2 Å². The zero-order chi connectivity index (χ0) is 36.9. The molecule has 0 saturated carbocycles. The molecule has 2 N–H and O–H groups in total. The van der Waals surface area contributed by atoms with E-state index < -0.39 is 25.2 Å². The summed E-state index contributed by atoms with van der Waals surface area (Å²) in [5, 5.41) is 21.6. The summed E-state index contributed by atoms with van der Waals surface area (Å²) in [7, 11) is 0. The van der Waals surface area contributed by atoms with Crippen LogP contribution in [0.5, 0.6) is 11.5 Å². The van der Waals surface area contributed by atoms with Crippen LogP contribution in [0.4, 0.5) is 0 Å². The molecule has 8 atom stereocenters. The molecule has 14 rings (SSSR count). The second-order valence-corrected chi connectivity index (χ2v) is 17.7. The normalized spacial score (nSPS) is 27.1. The van der Waals surface area contributed by atoms with E-state index in [1.54, 1.807) is 0 Å². The molecule has 0 aliphatic heterocycles. The van der Waals surface area contributed by atoms with E-state index in [-0.39, 0.29) is 23.7 Å². The van der Waals surface area contributed by atoms with E-state index in [0.29, 0.717) is 35.2 Å². The number of hydrogen-bond donors (Lipinski definition) is 2. The van der Waals surface area contributed by atoms with Crippen molar-refractivity contribution in [3.05, 3.63) is 174 Å². The fourth-order valence-electron chi connectivity index (χ4n) is 13.7. The summed E-state index contributed by atoms with van der Waals surface area (Å²) < 4.78 is 12.9.